The fourth-order valence-corrected chi connectivity index (χ4v) is 3.99. The summed E-state index contributed by atoms with van der Waals surface area (Å²) in [5, 5.41) is 2.52. The van der Waals surface area contributed by atoms with E-state index in [1.165, 1.54) is 36.4 Å². The van der Waals surface area contributed by atoms with E-state index in [2.05, 4.69) is 5.32 Å². The molecule has 0 aliphatic heterocycles. The number of amides is 1. The van der Waals surface area contributed by atoms with E-state index in [4.69, 9.17) is 16.3 Å². The van der Waals surface area contributed by atoms with E-state index in [0.29, 0.717) is 16.9 Å². The average molecular weight is 495 g/mol. The van der Waals surface area contributed by atoms with Crippen LogP contribution < -0.4 is 14.4 Å². The number of benzene rings is 3. The van der Waals surface area contributed by atoms with Crippen molar-refractivity contribution in [3.63, 3.8) is 0 Å². The van der Waals surface area contributed by atoms with Gasteiger partial charge >= 0.3 is 0 Å². The molecular formula is C23H21ClF2N2O4S. The van der Waals surface area contributed by atoms with Crippen molar-refractivity contribution >= 4 is 33.2 Å². The molecule has 33 heavy (non-hydrogen) atoms. The van der Waals surface area contributed by atoms with Crippen LogP contribution in [0.25, 0.3) is 0 Å². The summed E-state index contributed by atoms with van der Waals surface area (Å²) in [4.78, 5) is 12.3. The highest BCUT2D eigenvalue weighted by Crippen LogP contribution is 2.26. The van der Waals surface area contributed by atoms with Crippen molar-refractivity contribution in [1.82, 2.24) is 5.32 Å². The largest absolute Gasteiger partial charge is 0.492 e. The van der Waals surface area contributed by atoms with E-state index in [1.54, 1.807) is 24.3 Å². The van der Waals surface area contributed by atoms with Crippen molar-refractivity contribution in [2.75, 3.05) is 23.7 Å². The highest BCUT2D eigenvalue weighted by atomic mass is 35.5. The number of nitrogens with one attached hydrogen (secondary N) is 1. The minimum Gasteiger partial charge on any atom is -0.492 e. The molecule has 0 radical (unpaired) electrons. The summed E-state index contributed by atoms with van der Waals surface area (Å²) >= 11 is 5.79. The van der Waals surface area contributed by atoms with Gasteiger partial charge in [-0.2, -0.15) is 0 Å². The van der Waals surface area contributed by atoms with Crippen LogP contribution in [0.1, 0.15) is 15.9 Å². The third kappa shape index (κ3) is 6.90. The molecule has 10 heteroatoms. The molecule has 3 rings (SSSR count). The Hall–Kier alpha value is -3.17. The maximum Gasteiger partial charge on any atom is 0.251 e. The molecule has 0 saturated carbocycles. The minimum absolute atomic E-state index is 0.0196. The van der Waals surface area contributed by atoms with Crippen LogP contribution in [-0.4, -0.2) is 33.7 Å². The molecule has 0 atom stereocenters. The van der Waals surface area contributed by atoms with Gasteiger partial charge in [-0.05, 0) is 60.2 Å². The van der Waals surface area contributed by atoms with Crippen molar-refractivity contribution in [3.8, 4) is 5.75 Å². The fraction of sp³-hybridized carbons (Fsp3) is 0.174. The summed E-state index contributed by atoms with van der Waals surface area (Å²) in [5.41, 5.74) is 1.24. The van der Waals surface area contributed by atoms with Gasteiger partial charge in [0.05, 0.1) is 30.1 Å². The number of halogens is 3. The van der Waals surface area contributed by atoms with Crippen LogP contribution in [0.2, 0.25) is 5.02 Å². The lowest BCUT2D eigenvalue weighted by molar-refractivity contribution is 0.0947. The predicted octanol–water partition coefficient (Wildman–Crippen LogP) is 4.39. The van der Waals surface area contributed by atoms with Crippen LogP contribution >= 0.6 is 11.6 Å². The van der Waals surface area contributed by atoms with E-state index < -0.39 is 15.8 Å². The van der Waals surface area contributed by atoms with Gasteiger partial charge in [-0.25, -0.2) is 17.2 Å². The van der Waals surface area contributed by atoms with Crippen LogP contribution in [0, 0.1) is 11.6 Å². The second-order valence-corrected chi connectivity index (χ2v) is 9.44. The maximum absolute atomic E-state index is 13.5. The van der Waals surface area contributed by atoms with Crippen molar-refractivity contribution < 1.29 is 26.7 Å². The summed E-state index contributed by atoms with van der Waals surface area (Å²) in [6, 6.07) is 15.6. The zero-order chi connectivity index (χ0) is 24.0. The van der Waals surface area contributed by atoms with Gasteiger partial charge in [0.15, 0.2) is 0 Å². The van der Waals surface area contributed by atoms with E-state index in [9.17, 15) is 22.0 Å². The van der Waals surface area contributed by atoms with E-state index in [1.807, 2.05) is 0 Å². The van der Waals surface area contributed by atoms with Gasteiger partial charge in [-0.15, -0.1) is 0 Å². The molecule has 3 aromatic carbocycles. The molecule has 3 aromatic rings. The molecule has 1 N–H and O–H groups in total. The van der Waals surface area contributed by atoms with Gasteiger partial charge in [0.2, 0.25) is 10.0 Å². The van der Waals surface area contributed by atoms with Crippen molar-refractivity contribution in [3.05, 3.63) is 94.5 Å². The number of hydrogen-bond donors (Lipinski definition) is 1. The first-order chi connectivity index (χ1) is 15.6. The predicted molar refractivity (Wildman–Crippen MR) is 123 cm³/mol. The van der Waals surface area contributed by atoms with E-state index >= 15 is 0 Å². The van der Waals surface area contributed by atoms with Crippen molar-refractivity contribution in [2.24, 2.45) is 0 Å². The zero-order valence-electron chi connectivity index (χ0n) is 17.6. The normalized spacial score (nSPS) is 11.2. The number of rotatable bonds is 9. The molecule has 174 valence electrons. The summed E-state index contributed by atoms with van der Waals surface area (Å²) < 4.78 is 57.4. The quantitative estimate of drug-likeness (QED) is 0.448. The Morgan fingerprint density at radius 3 is 2.30 bits per heavy atom. The second kappa shape index (κ2) is 10.6. The first kappa shape index (κ1) is 24.5. The summed E-state index contributed by atoms with van der Waals surface area (Å²) in [6.45, 7) is 0.429. The Bertz CT molecular complexity index is 1220. The first-order valence-corrected chi connectivity index (χ1v) is 12.0. The molecule has 0 fully saturated rings. The number of carbonyl (C=O) groups excluding carboxylic acids is 1. The van der Waals surface area contributed by atoms with Crippen LogP contribution in [0.15, 0.2) is 66.7 Å². The van der Waals surface area contributed by atoms with Gasteiger partial charge in [0.1, 0.15) is 24.0 Å². The molecule has 0 saturated heterocycles. The third-order valence-electron chi connectivity index (χ3n) is 4.60. The smallest absolute Gasteiger partial charge is 0.251 e. The summed E-state index contributed by atoms with van der Waals surface area (Å²) in [5.74, 6) is -0.838. The van der Waals surface area contributed by atoms with Gasteiger partial charge in [-0.3, -0.25) is 9.10 Å². The Morgan fingerprint density at radius 2 is 1.70 bits per heavy atom. The Balaban J connectivity index is 1.59. The Kier molecular flexibility index (Phi) is 7.88. The molecule has 0 heterocycles. The monoisotopic (exact) mass is 494 g/mol. The number of sulfonamides is 1. The van der Waals surface area contributed by atoms with Gasteiger partial charge in [0.25, 0.3) is 5.91 Å². The number of nitrogens with zero attached hydrogens (tertiary/aromatic N) is 1. The Morgan fingerprint density at radius 1 is 1.03 bits per heavy atom. The number of carbonyl (C=O) groups is 1. The molecule has 6 nitrogen and oxygen atoms in total. The molecule has 0 spiro atoms. The highest BCUT2D eigenvalue weighted by molar-refractivity contribution is 7.92. The molecule has 0 bridgehead atoms. The average Bonchev–Trinajstić information content (AvgIpc) is 2.78. The molecule has 1 amide bonds. The third-order valence-corrected chi connectivity index (χ3v) is 6.03. The molecular weight excluding hydrogens is 474 g/mol. The fourth-order valence-electron chi connectivity index (χ4n) is 2.93. The van der Waals surface area contributed by atoms with Gasteiger partial charge < -0.3 is 10.1 Å². The molecule has 0 aliphatic rings. The molecule has 0 aromatic heterocycles. The SMILES string of the molecule is CS(=O)(=O)N(Cc1ccc(C(=O)NCCOc2ccc(F)cc2)cc1)c1ccc(F)c(Cl)c1. The van der Waals surface area contributed by atoms with Gasteiger partial charge in [-0.1, -0.05) is 23.7 Å². The van der Waals surface area contributed by atoms with Crippen LogP contribution in [0.3, 0.4) is 0 Å². The first-order valence-electron chi connectivity index (χ1n) is 9.82. The van der Waals surface area contributed by atoms with Crippen LogP contribution in [-0.2, 0) is 16.6 Å². The van der Waals surface area contributed by atoms with Crippen LogP contribution in [0.4, 0.5) is 14.5 Å². The summed E-state index contributed by atoms with van der Waals surface area (Å²) in [6.07, 6.45) is 1.04. The molecule has 0 aliphatic carbocycles. The zero-order valence-corrected chi connectivity index (χ0v) is 19.2. The van der Waals surface area contributed by atoms with Crippen molar-refractivity contribution in [2.45, 2.75) is 6.54 Å². The minimum atomic E-state index is -3.67. The lowest BCUT2D eigenvalue weighted by Crippen LogP contribution is -2.29. The van der Waals surface area contributed by atoms with Gasteiger partial charge in [0, 0.05) is 5.56 Å². The standard InChI is InChI=1S/C23H21ClF2N2O4S/c1-33(30,31)28(19-8-11-22(26)21(24)14-19)15-16-2-4-17(5-3-16)23(29)27-12-13-32-20-9-6-18(25)7-10-20/h2-11,14H,12-13,15H2,1H3,(H,27,29). The van der Waals surface area contributed by atoms with E-state index in [0.717, 1.165) is 16.6 Å². The van der Waals surface area contributed by atoms with E-state index in [-0.39, 0.29) is 42.1 Å². The second-order valence-electron chi connectivity index (χ2n) is 7.12. The number of anilines is 1. The number of hydrogen-bond acceptors (Lipinski definition) is 4. The lowest BCUT2D eigenvalue weighted by atomic mass is 10.1. The highest BCUT2D eigenvalue weighted by Gasteiger charge is 2.19. The van der Waals surface area contributed by atoms with Crippen LogP contribution in [0.5, 0.6) is 5.75 Å². The Labute approximate surface area is 195 Å². The number of ether oxygens (including phenoxy) is 1. The lowest BCUT2D eigenvalue weighted by Gasteiger charge is -2.23. The van der Waals surface area contributed by atoms with Crippen molar-refractivity contribution in [1.29, 1.82) is 0 Å². The maximum atomic E-state index is 13.5. The topological polar surface area (TPSA) is 75.7 Å². The molecule has 0 unspecified atom stereocenters. The summed E-state index contributed by atoms with van der Waals surface area (Å²) in [7, 11) is -3.67.